The number of amides is 2. The number of benzene rings is 1. The summed E-state index contributed by atoms with van der Waals surface area (Å²) in [6, 6.07) is 6.51. The number of nitrogens with one attached hydrogen (secondary N) is 1. The number of hydrogen-bond donors (Lipinski definition) is 1. The van der Waals surface area contributed by atoms with Crippen molar-refractivity contribution in [3.05, 3.63) is 52.4 Å². The van der Waals surface area contributed by atoms with Gasteiger partial charge in [-0.3, -0.25) is 14.9 Å². The van der Waals surface area contributed by atoms with E-state index in [1.165, 1.54) is 38.9 Å². The Morgan fingerprint density at radius 1 is 1.16 bits per heavy atom. The summed E-state index contributed by atoms with van der Waals surface area (Å²) < 4.78 is 21.1. The van der Waals surface area contributed by atoms with Crippen molar-refractivity contribution in [3.63, 3.8) is 0 Å². The van der Waals surface area contributed by atoms with E-state index < -0.39 is 0 Å². The highest BCUT2D eigenvalue weighted by atomic mass is 32.1. The minimum atomic E-state index is -0.360. The van der Waals surface area contributed by atoms with Gasteiger partial charge in [-0.05, 0) is 24.3 Å². The van der Waals surface area contributed by atoms with Crippen molar-refractivity contribution in [1.29, 1.82) is 0 Å². The molecule has 4 rings (SSSR count). The smallest absolute Gasteiger partial charge is 0.293 e. The minimum absolute atomic E-state index is 0.153. The lowest BCUT2D eigenvalue weighted by molar-refractivity contribution is 0.0735. The van der Waals surface area contributed by atoms with Crippen LogP contribution < -0.4 is 19.5 Å². The molecule has 162 valence electrons. The number of carbonyl (C=O) groups excluding carboxylic acids is 2. The molecule has 0 fully saturated rings. The molecule has 1 N–H and O–H groups in total. The monoisotopic (exact) mass is 443 g/mol. The van der Waals surface area contributed by atoms with Crippen molar-refractivity contribution >= 4 is 28.3 Å². The number of furan rings is 1. The lowest BCUT2D eigenvalue weighted by Crippen LogP contribution is -2.35. The number of anilines is 1. The van der Waals surface area contributed by atoms with Gasteiger partial charge in [-0.15, -0.1) is 0 Å². The Kier molecular flexibility index (Phi) is 5.81. The van der Waals surface area contributed by atoms with Crippen LogP contribution in [0.4, 0.5) is 5.13 Å². The van der Waals surface area contributed by atoms with Gasteiger partial charge in [-0.2, -0.15) is 0 Å². The van der Waals surface area contributed by atoms with Gasteiger partial charge in [0.05, 0.1) is 39.8 Å². The molecule has 0 aliphatic carbocycles. The molecule has 10 heteroatoms. The molecule has 31 heavy (non-hydrogen) atoms. The fourth-order valence-electron chi connectivity index (χ4n) is 3.38. The molecule has 3 heterocycles. The van der Waals surface area contributed by atoms with Crippen LogP contribution in [0.15, 0.2) is 34.9 Å². The largest absolute Gasteiger partial charge is 0.493 e. The van der Waals surface area contributed by atoms with Crippen molar-refractivity contribution in [1.82, 2.24) is 9.88 Å². The molecule has 1 aromatic carbocycles. The van der Waals surface area contributed by atoms with Crippen molar-refractivity contribution in [3.8, 4) is 17.2 Å². The average Bonchev–Trinajstić information content (AvgIpc) is 3.46. The summed E-state index contributed by atoms with van der Waals surface area (Å²) >= 11 is 1.35. The summed E-state index contributed by atoms with van der Waals surface area (Å²) in [5, 5.41) is 3.22. The van der Waals surface area contributed by atoms with E-state index in [2.05, 4.69) is 10.3 Å². The predicted molar refractivity (Wildman–Crippen MR) is 113 cm³/mol. The molecular formula is C21H21N3O6S. The van der Waals surface area contributed by atoms with E-state index in [0.29, 0.717) is 47.5 Å². The lowest BCUT2D eigenvalue weighted by atomic mass is 10.1. The first-order valence-electron chi connectivity index (χ1n) is 9.46. The summed E-state index contributed by atoms with van der Waals surface area (Å²) in [4.78, 5) is 32.5. The van der Waals surface area contributed by atoms with Crippen LogP contribution in [0.3, 0.4) is 0 Å². The molecule has 0 atom stereocenters. The van der Waals surface area contributed by atoms with Crippen molar-refractivity contribution < 1.29 is 28.2 Å². The molecule has 0 saturated carbocycles. The Morgan fingerprint density at radius 3 is 2.52 bits per heavy atom. The lowest BCUT2D eigenvalue weighted by Gasteiger charge is -2.26. The number of ether oxygens (including phenoxy) is 3. The number of fused-ring (bicyclic) bond motifs is 1. The highest BCUT2D eigenvalue weighted by molar-refractivity contribution is 7.15. The van der Waals surface area contributed by atoms with Gasteiger partial charge in [0.1, 0.15) is 0 Å². The minimum Gasteiger partial charge on any atom is -0.493 e. The summed E-state index contributed by atoms with van der Waals surface area (Å²) in [5.41, 5.74) is 1.32. The van der Waals surface area contributed by atoms with E-state index in [-0.39, 0.29) is 17.6 Å². The van der Waals surface area contributed by atoms with E-state index in [9.17, 15) is 9.59 Å². The Labute approximate surface area is 182 Å². The second-order valence-electron chi connectivity index (χ2n) is 6.71. The topological polar surface area (TPSA) is 103 Å². The molecule has 0 saturated heterocycles. The summed E-state index contributed by atoms with van der Waals surface area (Å²) in [6.07, 6.45) is 2.03. The number of aromatic nitrogens is 1. The molecule has 3 aromatic rings. The molecule has 0 unspecified atom stereocenters. The van der Waals surface area contributed by atoms with Crippen LogP contribution in [-0.4, -0.2) is 49.6 Å². The van der Waals surface area contributed by atoms with E-state index >= 15 is 0 Å². The molecule has 1 aliphatic heterocycles. The van der Waals surface area contributed by atoms with Gasteiger partial charge in [0.25, 0.3) is 11.8 Å². The van der Waals surface area contributed by atoms with E-state index in [1.807, 2.05) is 0 Å². The predicted octanol–water partition coefficient (Wildman–Crippen LogP) is 3.21. The van der Waals surface area contributed by atoms with E-state index in [1.54, 1.807) is 29.2 Å². The van der Waals surface area contributed by atoms with Gasteiger partial charge in [0, 0.05) is 23.4 Å². The second kappa shape index (κ2) is 8.68. The van der Waals surface area contributed by atoms with Gasteiger partial charge in [-0.25, -0.2) is 4.98 Å². The van der Waals surface area contributed by atoms with Crippen LogP contribution in [0.25, 0.3) is 0 Å². The molecule has 0 bridgehead atoms. The van der Waals surface area contributed by atoms with Gasteiger partial charge < -0.3 is 23.5 Å². The maximum absolute atomic E-state index is 13.2. The fourth-order valence-corrected chi connectivity index (χ4v) is 4.39. The number of hydrogen-bond acceptors (Lipinski definition) is 8. The first kappa shape index (κ1) is 20.7. The van der Waals surface area contributed by atoms with Crippen molar-refractivity contribution in [2.45, 2.75) is 13.0 Å². The quantitative estimate of drug-likeness (QED) is 0.624. The molecular weight excluding hydrogens is 422 g/mol. The fraction of sp³-hybridized carbons (Fsp3) is 0.286. The zero-order valence-corrected chi connectivity index (χ0v) is 18.1. The molecule has 1 aliphatic rings. The molecule has 0 spiro atoms. The second-order valence-corrected chi connectivity index (χ2v) is 7.79. The number of nitrogens with zero attached hydrogens (tertiary/aromatic N) is 2. The zero-order chi connectivity index (χ0) is 22.0. The van der Waals surface area contributed by atoms with Crippen molar-refractivity contribution in [2.75, 3.05) is 33.2 Å². The number of thiazole rings is 1. The third kappa shape index (κ3) is 4.06. The third-order valence-corrected chi connectivity index (χ3v) is 5.89. The van der Waals surface area contributed by atoms with Crippen LogP contribution in [-0.2, 0) is 13.0 Å². The average molecular weight is 443 g/mol. The Morgan fingerprint density at radius 2 is 1.90 bits per heavy atom. The standard InChI is InChI=1S/C21H21N3O6S/c1-27-15-9-12(10-16(28-2)18(15)29-3)20(26)24-7-6-13-17(11-24)31-21(22-13)23-19(25)14-5-4-8-30-14/h4-5,8-10H,6-7,11H2,1-3H3,(H,22,23,25). The van der Waals surface area contributed by atoms with Crippen LogP contribution in [0.5, 0.6) is 17.2 Å². The van der Waals surface area contributed by atoms with Crippen LogP contribution in [0, 0.1) is 0 Å². The Balaban J connectivity index is 1.52. The Hall–Kier alpha value is -3.53. The molecule has 2 amide bonds. The Bertz CT molecular complexity index is 1080. The first-order chi connectivity index (χ1) is 15.0. The zero-order valence-electron chi connectivity index (χ0n) is 17.3. The third-order valence-electron chi connectivity index (χ3n) is 4.90. The van der Waals surface area contributed by atoms with Crippen molar-refractivity contribution in [2.24, 2.45) is 0 Å². The normalized spacial score (nSPS) is 12.8. The molecule has 0 radical (unpaired) electrons. The molecule has 2 aromatic heterocycles. The number of rotatable bonds is 6. The van der Waals surface area contributed by atoms with E-state index in [0.717, 1.165) is 10.6 Å². The SMILES string of the molecule is COc1cc(C(=O)N2CCc3nc(NC(=O)c4ccco4)sc3C2)cc(OC)c1OC. The first-order valence-corrected chi connectivity index (χ1v) is 10.3. The maximum atomic E-state index is 13.2. The van der Waals surface area contributed by atoms with Crippen LogP contribution >= 0.6 is 11.3 Å². The maximum Gasteiger partial charge on any atom is 0.293 e. The highest BCUT2D eigenvalue weighted by Crippen LogP contribution is 2.39. The van der Waals surface area contributed by atoms with Crippen LogP contribution in [0.2, 0.25) is 0 Å². The highest BCUT2D eigenvalue weighted by Gasteiger charge is 2.27. The van der Waals surface area contributed by atoms with Gasteiger partial charge in [0.2, 0.25) is 5.75 Å². The van der Waals surface area contributed by atoms with Gasteiger partial charge in [0.15, 0.2) is 22.4 Å². The number of carbonyl (C=O) groups is 2. The summed E-state index contributed by atoms with van der Waals surface area (Å²) in [5.74, 6) is 0.974. The molecule has 9 nitrogen and oxygen atoms in total. The summed E-state index contributed by atoms with van der Waals surface area (Å²) in [6.45, 7) is 0.914. The number of methoxy groups -OCH3 is 3. The van der Waals surface area contributed by atoms with Gasteiger partial charge in [-0.1, -0.05) is 11.3 Å². The van der Waals surface area contributed by atoms with E-state index in [4.69, 9.17) is 18.6 Å². The van der Waals surface area contributed by atoms with Crippen LogP contribution in [0.1, 0.15) is 31.5 Å². The summed E-state index contributed by atoms with van der Waals surface area (Å²) in [7, 11) is 4.53. The van der Waals surface area contributed by atoms with Gasteiger partial charge >= 0.3 is 0 Å².